The van der Waals surface area contributed by atoms with E-state index in [4.69, 9.17) is 4.98 Å². The molecule has 4 rings (SSSR count). The molecule has 1 unspecified atom stereocenters. The molecule has 1 aliphatic heterocycles. The Morgan fingerprint density at radius 1 is 0.679 bits per heavy atom. The lowest BCUT2D eigenvalue weighted by molar-refractivity contribution is 0.254. The summed E-state index contributed by atoms with van der Waals surface area (Å²) >= 11 is 0. The van der Waals surface area contributed by atoms with Gasteiger partial charge in [-0.05, 0) is 51.7 Å². The molecule has 0 aromatic carbocycles. The second kappa shape index (κ2) is 9.66. The van der Waals surface area contributed by atoms with Crippen molar-refractivity contribution < 1.29 is 0 Å². The predicted molar refractivity (Wildman–Crippen MR) is 115 cm³/mol. The molecule has 2 saturated carbocycles. The van der Waals surface area contributed by atoms with Gasteiger partial charge in [0.25, 0.3) is 0 Å². The summed E-state index contributed by atoms with van der Waals surface area (Å²) < 4.78 is 0. The first kappa shape index (κ1) is 20.3. The molecule has 1 aromatic rings. The van der Waals surface area contributed by atoms with E-state index in [0.29, 0.717) is 24.2 Å². The minimum atomic E-state index is 0.283. The van der Waals surface area contributed by atoms with Crippen LogP contribution in [0.4, 0.5) is 0 Å². The lowest BCUT2D eigenvalue weighted by Gasteiger charge is -2.36. The minimum Gasteiger partial charge on any atom is -0.311 e. The van der Waals surface area contributed by atoms with Crippen molar-refractivity contribution in [3.05, 3.63) is 29.6 Å². The molecule has 4 N–H and O–H groups in total. The van der Waals surface area contributed by atoms with Gasteiger partial charge in [0, 0.05) is 49.3 Å². The Balaban J connectivity index is 1.56. The zero-order chi connectivity index (χ0) is 19.3. The number of aromatic nitrogens is 1. The van der Waals surface area contributed by atoms with Gasteiger partial charge in [0.05, 0.1) is 11.4 Å². The van der Waals surface area contributed by atoms with Crippen LogP contribution in [-0.2, 0) is 0 Å². The van der Waals surface area contributed by atoms with E-state index in [2.05, 4.69) is 53.3 Å². The van der Waals surface area contributed by atoms with E-state index in [1.54, 1.807) is 0 Å². The Kier molecular flexibility index (Phi) is 6.99. The monoisotopic (exact) mass is 385 g/mol. The highest BCUT2D eigenvalue weighted by Gasteiger charge is 2.29. The third kappa shape index (κ3) is 4.93. The van der Waals surface area contributed by atoms with Gasteiger partial charge in [0.2, 0.25) is 0 Å². The number of hydrogen-bond acceptors (Lipinski definition) is 5. The fraction of sp³-hybridized carbons (Fsp3) is 0.783. The summed E-state index contributed by atoms with van der Waals surface area (Å²) in [6, 6.07) is 9.34. The first-order valence-corrected chi connectivity index (χ1v) is 11.7. The van der Waals surface area contributed by atoms with E-state index in [-0.39, 0.29) is 12.1 Å². The van der Waals surface area contributed by atoms with E-state index in [0.717, 1.165) is 13.1 Å². The second-order valence-corrected chi connectivity index (χ2v) is 9.17. The molecule has 0 spiro atoms. The maximum atomic E-state index is 5.06. The van der Waals surface area contributed by atoms with E-state index in [1.165, 1.54) is 62.8 Å². The highest BCUT2D eigenvalue weighted by atomic mass is 15.1. The van der Waals surface area contributed by atoms with Gasteiger partial charge >= 0.3 is 0 Å². The molecule has 6 atom stereocenters. The standard InChI is InChI=1S/C23H39N5/c1-16-18-12-7-13-19(28-18)17(2)27-23-11-6-4-9-21(23)25-15-14-24-20-8-3-5-10-22(20)26-16/h7,12-13,16-17,20-27H,3-6,8-11,14-15H2,1-2H3/t16-,17-,20+,21?,22+,23+/m0/s1. The van der Waals surface area contributed by atoms with Gasteiger partial charge in [-0.15, -0.1) is 0 Å². The zero-order valence-corrected chi connectivity index (χ0v) is 17.7. The van der Waals surface area contributed by atoms with Gasteiger partial charge in [-0.25, -0.2) is 0 Å². The van der Waals surface area contributed by atoms with Crippen LogP contribution in [0.15, 0.2) is 18.2 Å². The quantitative estimate of drug-likeness (QED) is 0.552. The van der Waals surface area contributed by atoms with Crippen LogP contribution in [0.3, 0.4) is 0 Å². The topological polar surface area (TPSA) is 61.0 Å². The minimum absolute atomic E-state index is 0.283. The lowest BCUT2D eigenvalue weighted by atomic mass is 9.89. The van der Waals surface area contributed by atoms with Crippen LogP contribution >= 0.6 is 0 Å². The van der Waals surface area contributed by atoms with Crippen molar-refractivity contribution in [1.82, 2.24) is 26.3 Å². The van der Waals surface area contributed by atoms with Gasteiger partial charge in [-0.1, -0.05) is 31.7 Å². The second-order valence-electron chi connectivity index (χ2n) is 9.17. The summed E-state index contributed by atoms with van der Waals surface area (Å²) in [6.45, 7) is 6.66. The molecule has 2 fully saturated rings. The third-order valence-corrected chi connectivity index (χ3v) is 7.08. The van der Waals surface area contributed by atoms with E-state index < -0.39 is 0 Å². The molecule has 5 heteroatoms. The highest BCUT2D eigenvalue weighted by molar-refractivity contribution is 5.17. The summed E-state index contributed by atoms with van der Waals surface area (Å²) in [6.07, 6.45) is 10.4. The number of nitrogens with zero attached hydrogens (tertiary/aromatic N) is 1. The number of hydrogen-bond donors (Lipinski definition) is 4. The van der Waals surface area contributed by atoms with Crippen molar-refractivity contribution in [2.75, 3.05) is 13.1 Å². The number of pyridine rings is 1. The van der Waals surface area contributed by atoms with Crippen LogP contribution in [0.2, 0.25) is 0 Å². The fourth-order valence-electron chi connectivity index (χ4n) is 5.43. The highest BCUT2D eigenvalue weighted by Crippen LogP contribution is 2.24. The molecule has 2 heterocycles. The van der Waals surface area contributed by atoms with Crippen LogP contribution in [0.5, 0.6) is 0 Å². The fourth-order valence-corrected chi connectivity index (χ4v) is 5.43. The lowest BCUT2D eigenvalue weighted by Crippen LogP contribution is -2.54. The average Bonchev–Trinajstić information content (AvgIpc) is 2.73. The first-order valence-electron chi connectivity index (χ1n) is 11.7. The zero-order valence-electron chi connectivity index (χ0n) is 17.7. The average molecular weight is 386 g/mol. The van der Waals surface area contributed by atoms with Gasteiger partial charge in [-0.2, -0.15) is 0 Å². The predicted octanol–water partition coefficient (Wildman–Crippen LogP) is 3.20. The Morgan fingerprint density at radius 3 is 1.57 bits per heavy atom. The Labute approximate surface area is 170 Å². The van der Waals surface area contributed by atoms with E-state index in [1.807, 2.05) is 0 Å². The maximum Gasteiger partial charge on any atom is 0.0574 e. The van der Waals surface area contributed by atoms with Gasteiger partial charge < -0.3 is 21.3 Å². The first-order chi connectivity index (χ1) is 13.7. The summed E-state index contributed by atoms with van der Waals surface area (Å²) in [5, 5.41) is 15.5. The molecule has 0 saturated heterocycles. The third-order valence-electron chi connectivity index (χ3n) is 7.08. The molecule has 1 aromatic heterocycles. The number of rotatable bonds is 0. The van der Waals surface area contributed by atoms with Crippen LogP contribution in [0.1, 0.15) is 88.7 Å². The SMILES string of the molecule is C[C@@H]1N[C@@H]2CCCCC2NCCN[C@@H]2CCCC[C@H]2N[C@@H](C)c2cccc1n2. The molecule has 3 aliphatic rings. The molecule has 2 bridgehead atoms. The summed E-state index contributed by atoms with van der Waals surface area (Å²) in [7, 11) is 0. The summed E-state index contributed by atoms with van der Waals surface area (Å²) in [5.41, 5.74) is 2.34. The molecular weight excluding hydrogens is 346 g/mol. The molecular formula is C23H39N5. The van der Waals surface area contributed by atoms with Gasteiger partial charge in [0.15, 0.2) is 0 Å². The van der Waals surface area contributed by atoms with Gasteiger partial charge in [-0.3, -0.25) is 4.98 Å². The summed E-state index contributed by atoms with van der Waals surface area (Å²) in [4.78, 5) is 5.06. The van der Waals surface area contributed by atoms with Crippen LogP contribution in [0, 0.1) is 0 Å². The Hall–Kier alpha value is -1.01. The maximum absolute atomic E-state index is 5.06. The van der Waals surface area contributed by atoms with Crippen molar-refractivity contribution in [2.24, 2.45) is 0 Å². The smallest absolute Gasteiger partial charge is 0.0574 e. The normalized spacial score (nSPS) is 37.8. The van der Waals surface area contributed by atoms with Gasteiger partial charge in [0.1, 0.15) is 0 Å². The molecule has 156 valence electrons. The van der Waals surface area contributed by atoms with Crippen molar-refractivity contribution in [1.29, 1.82) is 0 Å². The molecule has 0 radical (unpaired) electrons. The Morgan fingerprint density at radius 2 is 1.11 bits per heavy atom. The van der Waals surface area contributed by atoms with E-state index in [9.17, 15) is 0 Å². The Bertz CT molecular complexity index is 572. The molecule has 28 heavy (non-hydrogen) atoms. The number of nitrogens with one attached hydrogen (secondary N) is 4. The molecule has 2 aliphatic carbocycles. The van der Waals surface area contributed by atoms with Crippen LogP contribution < -0.4 is 21.3 Å². The summed E-state index contributed by atoms with van der Waals surface area (Å²) in [5.74, 6) is 0. The molecule has 5 nitrogen and oxygen atoms in total. The van der Waals surface area contributed by atoms with Crippen molar-refractivity contribution in [3.63, 3.8) is 0 Å². The van der Waals surface area contributed by atoms with E-state index >= 15 is 0 Å². The number of fused-ring (bicyclic) bond motifs is 4. The van der Waals surface area contributed by atoms with Crippen molar-refractivity contribution in [2.45, 2.75) is 101 Å². The van der Waals surface area contributed by atoms with Crippen LogP contribution in [-0.4, -0.2) is 42.2 Å². The van der Waals surface area contributed by atoms with Crippen LogP contribution in [0.25, 0.3) is 0 Å². The largest absolute Gasteiger partial charge is 0.311 e. The van der Waals surface area contributed by atoms with Crippen molar-refractivity contribution in [3.8, 4) is 0 Å². The molecule has 0 amide bonds. The van der Waals surface area contributed by atoms with Crippen molar-refractivity contribution >= 4 is 0 Å².